The molecule has 86 heavy (non-hydrogen) atoms. The molecule has 0 heterocycles. The molecule has 0 saturated heterocycles. The average molecular weight is 1290 g/mol. The lowest BCUT2D eigenvalue weighted by Gasteiger charge is -1.97. The molecule has 0 radical (unpaired) electrons. The van der Waals surface area contributed by atoms with Gasteiger partial charge in [0.05, 0.1) is 13.0 Å². The molecule has 0 aromatic rings. The fourth-order valence-corrected chi connectivity index (χ4v) is 0.511. The van der Waals surface area contributed by atoms with Gasteiger partial charge in [-0.05, 0) is 13.8 Å². The normalized spacial score (nSPS) is 6.57. The lowest BCUT2D eigenvalue weighted by molar-refractivity contribution is -0.144. The molecule has 0 rings (SSSR count). The third-order valence-electron chi connectivity index (χ3n) is 0.987. The molecule has 41 heteroatoms. The summed E-state index contributed by atoms with van der Waals surface area (Å²) in [5.74, 6) is -16.1. The standard InChI is InChI=1S/C7H12O3.19C2H4O2/c1-3-10-7(9)5-4-6(2)8;19*1-2(3)4/h3-5H2,1-2H3;19*1H3,(H,3,4). The first-order valence-electron chi connectivity index (χ1n) is 20.9. The number of rotatable bonds is 4. The maximum atomic E-state index is 10.6. The van der Waals surface area contributed by atoms with Gasteiger partial charge in [-0.25, -0.2) is 0 Å². The Morgan fingerprint density at radius 2 is 0.256 bits per heavy atom. The Kier molecular flexibility index (Phi) is 199. The van der Waals surface area contributed by atoms with Crippen molar-refractivity contribution in [3.8, 4) is 0 Å². The van der Waals surface area contributed by atoms with Gasteiger partial charge in [0.1, 0.15) is 5.78 Å². The van der Waals surface area contributed by atoms with E-state index in [-0.39, 0.29) is 18.2 Å². The van der Waals surface area contributed by atoms with E-state index in [4.69, 9.17) is 188 Å². The summed E-state index contributed by atoms with van der Waals surface area (Å²) < 4.78 is 4.60. The van der Waals surface area contributed by atoms with Crippen LogP contribution in [0.25, 0.3) is 0 Å². The van der Waals surface area contributed by atoms with Gasteiger partial charge >= 0.3 is 5.97 Å². The largest absolute Gasteiger partial charge is 0.481 e. The van der Waals surface area contributed by atoms with E-state index in [1.807, 2.05) is 0 Å². The summed E-state index contributed by atoms with van der Waals surface area (Å²) in [6.07, 6.45) is 0.502. The molecule has 19 N–H and O–H groups in total. The maximum Gasteiger partial charge on any atom is 0.306 e. The molecule has 0 unspecified atom stereocenters. The second-order valence-corrected chi connectivity index (χ2v) is 11.9. The zero-order valence-electron chi connectivity index (χ0n) is 51.1. The predicted molar refractivity (Wildman–Crippen MR) is 289 cm³/mol. The number of carbonyl (C=O) groups is 21. The molecule has 41 nitrogen and oxygen atoms in total. The molecule has 0 aliphatic heterocycles. The van der Waals surface area contributed by atoms with Crippen LogP contribution in [0.15, 0.2) is 0 Å². The summed E-state index contributed by atoms with van der Waals surface area (Å²) in [4.78, 5) is 192. The molecule has 0 amide bonds. The predicted octanol–water partition coefficient (Wildman–Crippen LogP) is 2.65. The van der Waals surface area contributed by atoms with Gasteiger partial charge in [-0.3, -0.25) is 95.9 Å². The SMILES string of the molecule is CC(=O)O.CC(=O)O.CC(=O)O.CC(=O)O.CC(=O)O.CC(=O)O.CC(=O)O.CC(=O)O.CC(=O)O.CC(=O)O.CC(=O)O.CC(=O)O.CC(=O)O.CC(=O)O.CC(=O)O.CC(=O)O.CC(=O)O.CC(=O)O.CC(=O)O.CCOC(=O)CCC(C)=O. The van der Waals surface area contributed by atoms with E-state index in [1.165, 1.54) is 6.92 Å². The molecule has 0 atom stereocenters. The van der Waals surface area contributed by atoms with Gasteiger partial charge in [-0.1, -0.05) is 0 Å². The highest BCUT2D eigenvalue weighted by molar-refractivity contribution is 5.81. The Balaban J connectivity index is -0.0000000298. The second-order valence-electron chi connectivity index (χ2n) is 11.9. The molecular weight excluding hydrogens is 1200 g/mol. The monoisotopic (exact) mass is 1280 g/mol. The Morgan fingerprint density at radius 3 is 0.302 bits per heavy atom. The Morgan fingerprint density at radius 1 is 0.186 bits per heavy atom. The highest BCUT2D eigenvalue weighted by Crippen LogP contribution is 1.92. The zero-order chi connectivity index (χ0) is 76.0. The van der Waals surface area contributed by atoms with E-state index in [0.29, 0.717) is 13.0 Å². The van der Waals surface area contributed by atoms with Gasteiger partial charge in [0, 0.05) is 138 Å². The average Bonchev–Trinajstić information content (AvgIpc) is 3.10. The molecule has 514 valence electrons. The van der Waals surface area contributed by atoms with E-state index < -0.39 is 113 Å². The van der Waals surface area contributed by atoms with Crippen LogP contribution >= 0.6 is 0 Å². The molecule has 0 spiro atoms. The van der Waals surface area contributed by atoms with Gasteiger partial charge in [-0.2, -0.15) is 0 Å². The first kappa shape index (κ1) is 136. The summed E-state index contributed by atoms with van der Waals surface area (Å²) in [6, 6.07) is 0. The van der Waals surface area contributed by atoms with Gasteiger partial charge in [0.25, 0.3) is 113 Å². The zero-order valence-corrected chi connectivity index (χ0v) is 51.1. The van der Waals surface area contributed by atoms with Crippen molar-refractivity contribution in [1.29, 1.82) is 0 Å². The molecule has 0 aliphatic carbocycles. The van der Waals surface area contributed by atoms with Crippen molar-refractivity contribution in [1.82, 2.24) is 0 Å². The molecular formula is C45H88O41. The smallest absolute Gasteiger partial charge is 0.306 e. The number of hydrogen-bond acceptors (Lipinski definition) is 22. The fraction of sp³-hybridized carbons (Fsp3) is 0.533. The van der Waals surface area contributed by atoms with Crippen LogP contribution < -0.4 is 0 Å². The van der Waals surface area contributed by atoms with E-state index in [2.05, 4.69) is 4.74 Å². The summed E-state index contributed by atoms with van der Waals surface area (Å²) in [5.41, 5.74) is 0. The second kappa shape index (κ2) is 126. The van der Waals surface area contributed by atoms with E-state index in [9.17, 15) is 9.59 Å². The third kappa shape index (κ3) is 44200. The van der Waals surface area contributed by atoms with Crippen molar-refractivity contribution < 1.29 is 202 Å². The van der Waals surface area contributed by atoms with Crippen LogP contribution in [0.1, 0.15) is 158 Å². The summed E-state index contributed by atoms with van der Waals surface area (Å²) in [5, 5.41) is 141. The Bertz CT molecular complexity index is 1270. The summed E-state index contributed by atoms with van der Waals surface area (Å²) in [7, 11) is 0. The van der Waals surface area contributed by atoms with Crippen LogP contribution in [0.2, 0.25) is 0 Å². The fourth-order valence-electron chi connectivity index (χ4n) is 0.511. The van der Waals surface area contributed by atoms with Gasteiger partial charge in [0.2, 0.25) is 0 Å². The first-order valence-corrected chi connectivity index (χ1v) is 20.9. The number of aliphatic carboxylic acids is 19. The van der Waals surface area contributed by atoms with Crippen molar-refractivity contribution in [3.63, 3.8) is 0 Å². The first-order chi connectivity index (χ1) is 37.6. The number of ether oxygens (including phenoxy) is 1. The van der Waals surface area contributed by atoms with Crippen LogP contribution in [0.3, 0.4) is 0 Å². The van der Waals surface area contributed by atoms with Crippen molar-refractivity contribution in [2.24, 2.45) is 0 Å². The summed E-state index contributed by atoms with van der Waals surface area (Å²) >= 11 is 0. The lowest BCUT2D eigenvalue weighted by atomic mass is 10.2. The van der Waals surface area contributed by atoms with E-state index in [0.717, 1.165) is 132 Å². The van der Waals surface area contributed by atoms with Crippen LogP contribution in [0.4, 0.5) is 0 Å². The number of carboxylic acids is 19. The number of Topliss-reactive ketones (excluding diaryl/α,β-unsaturated/α-hetero) is 1. The van der Waals surface area contributed by atoms with Crippen LogP contribution in [-0.4, -0.2) is 229 Å². The van der Waals surface area contributed by atoms with Crippen molar-refractivity contribution in [3.05, 3.63) is 0 Å². The van der Waals surface area contributed by atoms with Gasteiger partial charge in [0.15, 0.2) is 0 Å². The maximum absolute atomic E-state index is 10.6. The Hall–Kier alpha value is -10.9. The topological polar surface area (TPSA) is 752 Å². The minimum atomic E-state index is -0.833. The van der Waals surface area contributed by atoms with Crippen LogP contribution in [0, 0.1) is 0 Å². The third-order valence-corrected chi connectivity index (χ3v) is 0.987. The van der Waals surface area contributed by atoms with Crippen molar-refractivity contribution >= 4 is 125 Å². The van der Waals surface area contributed by atoms with Crippen molar-refractivity contribution in [2.75, 3.05) is 6.61 Å². The molecule has 0 aliphatic rings. The molecule has 0 aromatic heterocycles. The lowest BCUT2D eigenvalue weighted by Crippen LogP contribution is -2.05. The number of carbonyl (C=O) groups excluding carboxylic acids is 2. The molecule has 0 aromatic carbocycles. The summed E-state index contributed by atoms with van der Waals surface area (Å²) in [6.45, 7) is 24.2. The van der Waals surface area contributed by atoms with Gasteiger partial charge in [-0.15, -0.1) is 0 Å². The number of carboxylic acid groups (broad SMARTS) is 19. The van der Waals surface area contributed by atoms with Gasteiger partial charge < -0.3 is 107 Å². The van der Waals surface area contributed by atoms with Crippen molar-refractivity contribution in [2.45, 2.75) is 158 Å². The van der Waals surface area contributed by atoms with E-state index >= 15 is 0 Å². The van der Waals surface area contributed by atoms with E-state index in [1.54, 1.807) is 6.92 Å². The van der Waals surface area contributed by atoms with Crippen LogP contribution in [0.5, 0.6) is 0 Å². The number of ketones is 1. The molecule has 0 fully saturated rings. The number of hydrogen-bond donors (Lipinski definition) is 19. The quantitative estimate of drug-likeness (QED) is 0.180. The highest BCUT2D eigenvalue weighted by atomic mass is 16.5. The number of esters is 1. The minimum Gasteiger partial charge on any atom is -0.481 e. The molecule has 0 saturated carbocycles. The van der Waals surface area contributed by atoms with Crippen LogP contribution in [-0.2, 0) is 105 Å². The highest BCUT2D eigenvalue weighted by Gasteiger charge is 2.02. The Labute approximate surface area is 492 Å². The molecule has 0 bridgehead atoms. The minimum absolute atomic E-state index is 0.0213.